The lowest BCUT2D eigenvalue weighted by atomic mass is 9.74. The number of carbonyl (C=O) groups excluding carboxylic acids is 1. The predicted molar refractivity (Wildman–Crippen MR) is 116 cm³/mol. The lowest BCUT2D eigenvalue weighted by Crippen LogP contribution is -2.44. The van der Waals surface area contributed by atoms with Crippen molar-refractivity contribution in [1.29, 1.82) is 0 Å². The van der Waals surface area contributed by atoms with Crippen LogP contribution in [0.5, 0.6) is 5.75 Å². The average molecular weight is 396 g/mol. The second-order valence-electron chi connectivity index (χ2n) is 7.97. The molecule has 0 radical (unpaired) electrons. The Bertz CT molecular complexity index is 762. The topological polar surface area (TPSA) is 47.6 Å². The Labute approximate surface area is 174 Å². The molecule has 3 rings (SSSR count). The number of hydrogen-bond donors (Lipinski definition) is 1. The number of ether oxygens (including phenoxy) is 2. The molecule has 0 atom stereocenters. The highest BCUT2D eigenvalue weighted by Gasteiger charge is 2.34. The van der Waals surface area contributed by atoms with E-state index >= 15 is 0 Å². The molecule has 1 aliphatic heterocycles. The minimum atomic E-state index is -0.0599. The Balaban J connectivity index is 1.54. The zero-order chi connectivity index (χ0) is 20.5. The maximum atomic E-state index is 12.5. The summed E-state index contributed by atoms with van der Waals surface area (Å²) in [4.78, 5) is 12.5. The van der Waals surface area contributed by atoms with Gasteiger partial charge in [0.1, 0.15) is 5.75 Å². The summed E-state index contributed by atoms with van der Waals surface area (Å²) in [5, 5.41) is 3.20. The van der Waals surface area contributed by atoms with Gasteiger partial charge in [-0.15, -0.1) is 0 Å². The molecule has 0 aliphatic carbocycles. The van der Waals surface area contributed by atoms with Gasteiger partial charge in [-0.05, 0) is 62.8 Å². The third kappa shape index (κ3) is 6.07. The van der Waals surface area contributed by atoms with Gasteiger partial charge in [-0.3, -0.25) is 4.79 Å². The molecule has 0 saturated carbocycles. The smallest absolute Gasteiger partial charge is 0.220 e. The monoisotopic (exact) mass is 395 g/mol. The minimum Gasteiger partial charge on any atom is -0.494 e. The Hall–Kier alpha value is -2.33. The normalized spacial score (nSPS) is 15.7. The maximum absolute atomic E-state index is 12.5. The number of carbonyl (C=O) groups is 1. The largest absolute Gasteiger partial charge is 0.494 e. The molecule has 29 heavy (non-hydrogen) atoms. The van der Waals surface area contributed by atoms with E-state index in [0.29, 0.717) is 19.6 Å². The van der Waals surface area contributed by atoms with Crippen molar-refractivity contribution >= 4 is 5.91 Å². The van der Waals surface area contributed by atoms with E-state index in [1.165, 1.54) is 16.7 Å². The van der Waals surface area contributed by atoms with E-state index in [1.54, 1.807) is 0 Å². The van der Waals surface area contributed by atoms with Crippen molar-refractivity contribution in [3.8, 4) is 5.75 Å². The van der Waals surface area contributed by atoms with Crippen LogP contribution in [0.15, 0.2) is 48.5 Å². The van der Waals surface area contributed by atoms with Crippen LogP contribution in [0.4, 0.5) is 0 Å². The number of rotatable bonds is 9. The van der Waals surface area contributed by atoms with Gasteiger partial charge in [0, 0.05) is 31.6 Å². The molecule has 1 fully saturated rings. The van der Waals surface area contributed by atoms with Gasteiger partial charge in [-0.25, -0.2) is 0 Å². The standard InChI is InChI=1S/C25H33NO3/c1-3-29-23-13-11-22(12-14-23)25(15-17-28-18-16-25)19-26-24(27)6-4-5-21-9-7-20(2)8-10-21/h7-14H,3-6,15-19H2,1-2H3,(H,26,27). The highest BCUT2D eigenvalue weighted by Crippen LogP contribution is 2.35. The maximum Gasteiger partial charge on any atom is 0.220 e. The quantitative estimate of drug-likeness (QED) is 0.676. The average Bonchev–Trinajstić information content (AvgIpc) is 2.75. The van der Waals surface area contributed by atoms with Crippen molar-refractivity contribution in [1.82, 2.24) is 5.32 Å². The van der Waals surface area contributed by atoms with Gasteiger partial charge in [-0.1, -0.05) is 42.0 Å². The van der Waals surface area contributed by atoms with Gasteiger partial charge < -0.3 is 14.8 Å². The van der Waals surface area contributed by atoms with Crippen molar-refractivity contribution in [3.63, 3.8) is 0 Å². The Morgan fingerprint density at radius 2 is 1.76 bits per heavy atom. The fourth-order valence-corrected chi connectivity index (χ4v) is 3.97. The van der Waals surface area contributed by atoms with Crippen LogP contribution in [0, 0.1) is 6.92 Å². The molecule has 0 aromatic heterocycles. The summed E-state index contributed by atoms with van der Waals surface area (Å²) in [5.41, 5.74) is 3.75. The molecule has 2 aromatic rings. The van der Waals surface area contributed by atoms with Crippen LogP contribution in [-0.2, 0) is 21.4 Å². The third-order valence-corrected chi connectivity index (χ3v) is 5.84. The number of hydrogen-bond acceptors (Lipinski definition) is 3. The summed E-state index contributed by atoms with van der Waals surface area (Å²) >= 11 is 0. The molecule has 2 aromatic carbocycles. The van der Waals surface area contributed by atoms with Crippen LogP contribution >= 0.6 is 0 Å². The summed E-state index contributed by atoms with van der Waals surface area (Å²) in [5.74, 6) is 1.02. The molecule has 1 saturated heterocycles. The van der Waals surface area contributed by atoms with Crippen molar-refractivity contribution in [3.05, 3.63) is 65.2 Å². The highest BCUT2D eigenvalue weighted by atomic mass is 16.5. The molecule has 0 bridgehead atoms. The summed E-state index contributed by atoms with van der Waals surface area (Å²) < 4.78 is 11.2. The van der Waals surface area contributed by atoms with E-state index in [4.69, 9.17) is 9.47 Å². The van der Waals surface area contributed by atoms with Crippen LogP contribution < -0.4 is 10.1 Å². The van der Waals surface area contributed by atoms with Gasteiger partial charge in [0.15, 0.2) is 0 Å². The summed E-state index contributed by atoms with van der Waals surface area (Å²) in [6, 6.07) is 16.9. The summed E-state index contributed by atoms with van der Waals surface area (Å²) in [6.45, 7) is 6.87. The first kappa shape index (κ1) is 21.4. The van der Waals surface area contributed by atoms with E-state index in [9.17, 15) is 4.79 Å². The van der Waals surface area contributed by atoms with Gasteiger partial charge in [0.2, 0.25) is 5.91 Å². The number of nitrogens with one attached hydrogen (secondary N) is 1. The zero-order valence-electron chi connectivity index (χ0n) is 17.7. The minimum absolute atomic E-state index is 0.0599. The summed E-state index contributed by atoms with van der Waals surface area (Å²) in [6.07, 6.45) is 4.21. The fraction of sp³-hybridized carbons (Fsp3) is 0.480. The molecule has 1 N–H and O–H groups in total. The van der Waals surface area contributed by atoms with E-state index in [-0.39, 0.29) is 11.3 Å². The number of amides is 1. The zero-order valence-corrected chi connectivity index (χ0v) is 17.7. The van der Waals surface area contributed by atoms with Gasteiger partial charge in [-0.2, -0.15) is 0 Å². The molecule has 1 aliphatic rings. The third-order valence-electron chi connectivity index (χ3n) is 5.84. The molecule has 1 heterocycles. The molecular weight excluding hydrogens is 362 g/mol. The van der Waals surface area contributed by atoms with E-state index in [1.807, 2.05) is 19.1 Å². The van der Waals surface area contributed by atoms with Crippen molar-refractivity contribution in [2.75, 3.05) is 26.4 Å². The molecule has 0 spiro atoms. The predicted octanol–water partition coefficient (Wildman–Crippen LogP) is 4.58. The molecule has 156 valence electrons. The van der Waals surface area contributed by atoms with Crippen molar-refractivity contribution in [2.24, 2.45) is 0 Å². The number of aryl methyl sites for hydroxylation is 2. The lowest BCUT2D eigenvalue weighted by molar-refractivity contribution is -0.121. The first-order valence-corrected chi connectivity index (χ1v) is 10.7. The molecule has 4 heteroatoms. The molecule has 4 nitrogen and oxygen atoms in total. The lowest BCUT2D eigenvalue weighted by Gasteiger charge is -2.38. The number of benzene rings is 2. The van der Waals surface area contributed by atoms with Crippen molar-refractivity contribution < 1.29 is 14.3 Å². The second kappa shape index (κ2) is 10.4. The van der Waals surface area contributed by atoms with Crippen LogP contribution in [0.3, 0.4) is 0 Å². The van der Waals surface area contributed by atoms with Gasteiger partial charge in [0.05, 0.1) is 6.61 Å². The molecule has 0 unspecified atom stereocenters. The SMILES string of the molecule is CCOc1ccc(C2(CNC(=O)CCCc3ccc(C)cc3)CCOCC2)cc1. The first-order valence-electron chi connectivity index (χ1n) is 10.7. The highest BCUT2D eigenvalue weighted by molar-refractivity contribution is 5.76. The van der Waals surface area contributed by atoms with Gasteiger partial charge in [0.25, 0.3) is 0 Å². The molecule has 1 amide bonds. The van der Waals surface area contributed by atoms with Crippen LogP contribution in [-0.4, -0.2) is 32.3 Å². The van der Waals surface area contributed by atoms with Gasteiger partial charge >= 0.3 is 0 Å². The Kier molecular flexibility index (Phi) is 7.70. The molecular formula is C25H33NO3. The second-order valence-corrected chi connectivity index (χ2v) is 7.97. The Morgan fingerprint density at radius 3 is 2.41 bits per heavy atom. The van der Waals surface area contributed by atoms with E-state index in [2.05, 4.69) is 48.6 Å². The fourth-order valence-electron chi connectivity index (χ4n) is 3.97. The van der Waals surface area contributed by atoms with E-state index in [0.717, 1.165) is 44.6 Å². The Morgan fingerprint density at radius 1 is 1.07 bits per heavy atom. The van der Waals surface area contributed by atoms with Crippen LogP contribution in [0.2, 0.25) is 0 Å². The first-order chi connectivity index (χ1) is 14.1. The van der Waals surface area contributed by atoms with E-state index < -0.39 is 0 Å². The van der Waals surface area contributed by atoms with Crippen molar-refractivity contribution in [2.45, 2.75) is 51.4 Å². The summed E-state index contributed by atoms with van der Waals surface area (Å²) in [7, 11) is 0. The van der Waals surface area contributed by atoms with Crippen LogP contribution in [0.25, 0.3) is 0 Å². The van der Waals surface area contributed by atoms with Crippen LogP contribution in [0.1, 0.15) is 49.3 Å².